The van der Waals surface area contributed by atoms with Crippen LogP contribution in [-0.2, 0) is 14.8 Å². The predicted octanol–water partition coefficient (Wildman–Crippen LogP) is 4.64. The van der Waals surface area contributed by atoms with E-state index in [0.29, 0.717) is 22.7 Å². The Morgan fingerprint density at radius 3 is 2.28 bits per heavy atom. The predicted molar refractivity (Wildman–Crippen MR) is 141 cm³/mol. The number of amides is 1. The number of nitrogens with zero attached hydrogens (tertiary/aromatic N) is 2. The van der Waals surface area contributed by atoms with Gasteiger partial charge in [0.05, 0.1) is 18.2 Å². The van der Waals surface area contributed by atoms with E-state index < -0.39 is 22.0 Å². The molecule has 1 amide bonds. The number of phenols is 1. The molecule has 9 heteroatoms. The highest BCUT2D eigenvalue weighted by atomic mass is 32.2. The molecule has 0 heterocycles. The van der Waals surface area contributed by atoms with E-state index >= 15 is 0 Å². The van der Waals surface area contributed by atoms with Gasteiger partial charge in [0.1, 0.15) is 23.3 Å². The minimum Gasteiger partial charge on any atom is -0.507 e. The summed E-state index contributed by atoms with van der Waals surface area (Å²) in [6, 6.07) is 25.3. The van der Waals surface area contributed by atoms with Gasteiger partial charge in [0, 0.05) is 5.56 Å². The topological polar surface area (TPSA) is 108 Å². The summed E-state index contributed by atoms with van der Waals surface area (Å²) in [4.78, 5) is 12.8. The van der Waals surface area contributed by atoms with E-state index in [1.165, 1.54) is 13.1 Å². The van der Waals surface area contributed by atoms with Crippen LogP contribution in [0.2, 0.25) is 0 Å². The summed E-state index contributed by atoms with van der Waals surface area (Å²) >= 11 is 0. The number of hydrogen-bond donors (Lipinski definition) is 2. The zero-order valence-corrected chi connectivity index (χ0v) is 20.5. The van der Waals surface area contributed by atoms with E-state index in [1.54, 1.807) is 36.4 Å². The van der Waals surface area contributed by atoms with Crippen molar-refractivity contribution in [1.29, 1.82) is 0 Å². The molecule has 0 saturated carbocycles. The fourth-order valence-corrected chi connectivity index (χ4v) is 4.94. The van der Waals surface area contributed by atoms with Gasteiger partial charge in [-0.15, -0.1) is 0 Å². The SMILES string of the molecule is C[C@@H](C(=O)N/N=C\c1c(O)ccc2ccccc12)N(c1ccc(Oc2ccccc2)cc1)S(C)(=O)=O. The van der Waals surface area contributed by atoms with E-state index in [4.69, 9.17) is 4.74 Å². The van der Waals surface area contributed by atoms with Crippen LogP contribution >= 0.6 is 0 Å². The fourth-order valence-electron chi connectivity index (χ4n) is 3.77. The van der Waals surface area contributed by atoms with Gasteiger partial charge < -0.3 is 9.84 Å². The number of aromatic hydroxyl groups is 1. The van der Waals surface area contributed by atoms with Crippen molar-refractivity contribution in [3.05, 3.63) is 96.6 Å². The van der Waals surface area contributed by atoms with Crippen LogP contribution in [0.15, 0.2) is 96.1 Å². The van der Waals surface area contributed by atoms with Crippen molar-refractivity contribution in [3.63, 3.8) is 0 Å². The molecule has 0 fully saturated rings. The zero-order chi connectivity index (χ0) is 25.7. The molecule has 4 aromatic carbocycles. The molecule has 0 saturated heterocycles. The van der Waals surface area contributed by atoms with Gasteiger partial charge >= 0.3 is 0 Å². The Hall–Kier alpha value is -4.37. The van der Waals surface area contributed by atoms with E-state index in [-0.39, 0.29) is 5.75 Å². The Balaban J connectivity index is 1.51. The number of fused-ring (bicyclic) bond motifs is 1. The number of benzene rings is 4. The normalized spacial score (nSPS) is 12.4. The summed E-state index contributed by atoms with van der Waals surface area (Å²) in [7, 11) is -3.81. The third-order valence-electron chi connectivity index (χ3n) is 5.47. The van der Waals surface area contributed by atoms with Crippen molar-refractivity contribution >= 4 is 38.6 Å². The lowest BCUT2D eigenvalue weighted by atomic mass is 10.0. The second-order valence-corrected chi connectivity index (χ2v) is 9.96. The molecule has 2 N–H and O–H groups in total. The van der Waals surface area contributed by atoms with Crippen molar-refractivity contribution < 1.29 is 23.1 Å². The molecule has 8 nitrogen and oxygen atoms in total. The summed E-state index contributed by atoms with van der Waals surface area (Å²) in [5.41, 5.74) is 3.12. The highest BCUT2D eigenvalue weighted by molar-refractivity contribution is 7.92. The monoisotopic (exact) mass is 503 g/mol. The number of rotatable bonds is 8. The maximum absolute atomic E-state index is 12.8. The molecule has 0 bridgehead atoms. The Kier molecular flexibility index (Phi) is 7.21. The van der Waals surface area contributed by atoms with Crippen LogP contribution in [0.1, 0.15) is 12.5 Å². The lowest BCUT2D eigenvalue weighted by molar-refractivity contribution is -0.121. The smallest absolute Gasteiger partial charge is 0.263 e. The van der Waals surface area contributed by atoms with Gasteiger partial charge in [0.2, 0.25) is 10.0 Å². The van der Waals surface area contributed by atoms with Gasteiger partial charge in [-0.25, -0.2) is 13.8 Å². The molecule has 4 rings (SSSR count). The quantitative estimate of drug-likeness (QED) is 0.269. The lowest BCUT2D eigenvalue weighted by Crippen LogP contribution is -2.46. The molecule has 4 aromatic rings. The van der Waals surface area contributed by atoms with Crippen molar-refractivity contribution in [2.75, 3.05) is 10.6 Å². The minimum atomic E-state index is -3.81. The molecule has 0 spiro atoms. The van der Waals surface area contributed by atoms with Gasteiger partial charge in [-0.05, 0) is 60.2 Å². The Morgan fingerprint density at radius 1 is 0.944 bits per heavy atom. The fraction of sp³-hybridized carbons (Fsp3) is 0.111. The molecule has 0 aromatic heterocycles. The van der Waals surface area contributed by atoms with Crippen molar-refractivity contribution in [3.8, 4) is 17.2 Å². The molecular formula is C27H25N3O5S. The highest BCUT2D eigenvalue weighted by Gasteiger charge is 2.29. The summed E-state index contributed by atoms with van der Waals surface area (Å²) in [5.74, 6) is 0.541. The van der Waals surface area contributed by atoms with Gasteiger partial charge in [0.15, 0.2) is 0 Å². The first-order valence-electron chi connectivity index (χ1n) is 11.1. The van der Waals surface area contributed by atoms with Crippen molar-refractivity contribution in [2.24, 2.45) is 5.10 Å². The van der Waals surface area contributed by atoms with Crippen LogP contribution in [0.5, 0.6) is 17.2 Å². The Morgan fingerprint density at radius 2 is 1.58 bits per heavy atom. The number of sulfonamides is 1. The number of anilines is 1. The van der Waals surface area contributed by atoms with E-state index in [9.17, 15) is 18.3 Å². The lowest BCUT2D eigenvalue weighted by Gasteiger charge is -2.27. The van der Waals surface area contributed by atoms with Crippen molar-refractivity contribution in [2.45, 2.75) is 13.0 Å². The van der Waals surface area contributed by atoms with E-state index in [2.05, 4.69) is 10.5 Å². The first kappa shape index (κ1) is 24.7. The summed E-state index contributed by atoms with van der Waals surface area (Å²) < 4.78 is 31.9. The van der Waals surface area contributed by atoms with Crippen LogP contribution in [-0.4, -0.2) is 37.9 Å². The maximum atomic E-state index is 12.8. The highest BCUT2D eigenvalue weighted by Crippen LogP contribution is 2.27. The Labute approximate surface area is 209 Å². The number of hydrazone groups is 1. The molecule has 0 radical (unpaired) electrons. The van der Waals surface area contributed by atoms with E-state index in [1.807, 2.05) is 54.6 Å². The summed E-state index contributed by atoms with van der Waals surface area (Å²) in [6.07, 6.45) is 2.37. The van der Waals surface area contributed by atoms with Gasteiger partial charge in [0.25, 0.3) is 5.91 Å². The van der Waals surface area contributed by atoms with E-state index in [0.717, 1.165) is 21.3 Å². The number of carbonyl (C=O) groups is 1. The zero-order valence-electron chi connectivity index (χ0n) is 19.7. The average molecular weight is 504 g/mol. The van der Waals surface area contributed by atoms with Crippen LogP contribution in [0.25, 0.3) is 10.8 Å². The van der Waals surface area contributed by atoms with Gasteiger partial charge in [-0.2, -0.15) is 5.10 Å². The second kappa shape index (κ2) is 10.5. The number of nitrogens with one attached hydrogen (secondary N) is 1. The van der Waals surface area contributed by atoms with Crippen molar-refractivity contribution in [1.82, 2.24) is 5.43 Å². The maximum Gasteiger partial charge on any atom is 0.263 e. The molecule has 184 valence electrons. The summed E-state index contributed by atoms with van der Waals surface area (Å²) in [6.45, 7) is 1.47. The molecule has 0 aliphatic carbocycles. The minimum absolute atomic E-state index is 0.00956. The number of hydrogen-bond acceptors (Lipinski definition) is 6. The third kappa shape index (κ3) is 5.64. The number of para-hydroxylation sites is 1. The molecule has 0 unspecified atom stereocenters. The summed E-state index contributed by atoms with van der Waals surface area (Å²) in [5, 5.41) is 15.9. The van der Waals surface area contributed by atoms with Crippen LogP contribution < -0.4 is 14.5 Å². The molecule has 1 atom stereocenters. The van der Waals surface area contributed by atoms with Gasteiger partial charge in [-0.1, -0.05) is 48.5 Å². The van der Waals surface area contributed by atoms with Crippen LogP contribution in [0.4, 0.5) is 5.69 Å². The molecule has 36 heavy (non-hydrogen) atoms. The molecular weight excluding hydrogens is 478 g/mol. The van der Waals surface area contributed by atoms with Crippen LogP contribution in [0.3, 0.4) is 0 Å². The Bertz CT molecular complexity index is 1500. The van der Waals surface area contributed by atoms with Gasteiger partial charge in [-0.3, -0.25) is 9.10 Å². The standard InChI is InChI=1S/C27H25N3O5S/c1-19(27(32)29-28-18-25-24-11-7-6-8-20(24)12-17-26(25)31)30(36(2,33)34)21-13-15-23(16-14-21)35-22-9-4-3-5-10-22/h3-19,31H,1-2H3,(H,29,32)/b28-18-/t19-/m0/s1. The first-order chi connectivity index (χ1) is 17.2. The largest absolute Gasteiger partial charge is 0.507 e. The molecule has 0 aliphatic rings. The van der Waals surface area contributed by atoms with Crippen LogP contribution in [0, 0.1) is 0 Å². The molecule has 0 aliphatic heterocycles. The first-order valence-corrected chi connectivity index (χ1v) is 12.9. The second-order valence-electron chi connectivity index (χ2n) is 8.10. The number of carbonyl (C=O) groups excluding carboxylic acids is 1. The average Bonchev–Trinajstić information content (AvgIpc) is 2.86. The number of phenolic OH excluding ortho intramolecular Hbond substituents is 1. The third-order valence-corrected chi connectivity index (χ3v) is 6.72. The number of ether oxygens (including phenoxy) is 1.